The fourth-order valence-corrected chi connectivity index (χ4v) is 3.40. The number of unbranched alkanes of at least 4 members (excludes halogenated alkanes) is 6. The van der Waals surface area contributed by atoms with E-state index in [1.807, 2.05) is 18.2 Å². The Kier molecular flexibility index (Phi) is 11.9. The second kappa shape index (κ2) is 13.0. The van der Waals surface area contributed by atoms with E-state index in [4.69, 9.17) is 9.29 Å². The van der Waals surface area contributed by atoms with Gasteiger partial charge in [0.15, 0.2) is 0 Å². The van der Waals surface area contributed by atoms with Gasteiger partial charge in [-0.3, -0.25) is 4.55 Å². The van der Waals surface area contributed by atoms with E-state index in [0.29, 0.717) is 5.75 Å². The van der Waals surface area contributed by atoms with Gasteiger partial charge >= 0.3 is 51.4 Å². The summed E-state index contributed by atoms with van der Waals surface area (Å²) in [5.74, 6) is -0.0990. The van der Waals surface area contributed by atoms with Crippen LogP contribution < -0.4 is 61.2 Å². The second-order valence-corrected chi connectivity index (χ2v) is 8.13. The van der Waals surface area contributed by atoms with Gasteiger partial charge in [-0.05, 0) is 36.6 Å². The van der Waals surface area contributed by atoms with Crippen molar-refractivity contribution in [2.24, 2.45) is 0 Å². The van der Waals surface area contributed by atoms with Crippen LogP contribution in [0.3, 0.4) is 0 Å². The number of benzene rings is 2. The summed E-state index contributed by atoms with van der Waals surface area (Å²) in [4.78, 5) is -0.365. The van der Waals surface area contributed by atoms with Gasteiger partial charge in [0.05, 0.1) is 4.90 Å². The van der Waals surface area contributed by atoms with Gasteiger partial charge in [0.25, 0.3) is 10.1 Å². The molecule has 148 valence electrons. The number of hydrogen-bond acceptors (Lipinski definition) is 4. The van der Waals surface area contributed by atoms with Crippen LogP contribution in [0.5, 0.6) is 17.2 Å². The quantitative estimate of drug-likeness (QED) is 0.335. The zero-order chi connectivity index (χ0) is 19.7. The van der Waals surface area contributed by atoms with Crippen LogP contribution in [0, 0.1) is 0 Å². The Labute approximate surface area is 210 Å². The van der Waals surface area contributed by atoms with E-state index in [-0.39, 0.29) is 62.0 Å². The first kappa shape index (κ1) is 25.6. The van der Waals surface area contributed by atoms with Crippen LogP contribution in [0.2, 0.25) is 0 Å². The Hall–Kier alpha value is -0.414. The molecule has 0 spiro atoms. The molecule has 0 saturated heterocycles. The van der Waals surface area contributed by atoms with E-state index in [1.54, 1.807) is 6.07 Å². The van der Waals surface area contributed by atoms with E-state index in [0.717, 1.165) is 36.6 Å². The van der Waals surface area contributed by atoms with Crippen LogP contribution in [-0.4, -0.2) is 13.0 Å². The Morgan fingerprint density at radius 3 is 2.32 bits per heavy atom. The van der Waals surface area contributed by atoms with Crippen molar-refractivity contribution in [1.82, 2.24) is 0 Å². The number of rotatable bonds is 11. The largest absolute Gasteiger partial charge is 1.00 e. The summed E-state index contributed by atoms with van der Waals surface area (Å²) < 4.78 is 37.1. The summed E-state index contributed by atoms with van der Waals surface area (Å²) in [6.45, 7) is 2.21. The van der Waals surface area contributed by atoms with Crippen molar-refractivity contribution in [3.05, 3.63) is 48.0 Å². The predicted octanol–water partition coefficient (Wildman–Crippen LogP) is 2.10. The van der Waals surface area contributed by atoms with Gasteiger partial charge in [0, 0.05) is 6.07 Å². The Bertz CT molecular complexity index is 836. The van der Waals surface area contributed by atoms with E-state index in [1.165, 1.54) is 38.5 Å². The summed E-state index contributed by atoms with van der Waals surface area (Å²) in [5.41, 5.74) is 1.11. The maximum Gasteiger partial charge on any atom is 1.00 e. The maximum atomic E-state index is 11.9. The van der Waals surface area contributed by atoms with Crippen molar-refractivity contribution >= 4 is 10.1 Å². The molecule has 1 N–H and O–H groups in total. The van der Waals surface area contributed by atoms with Gasteiger partial charge < -0.3 is 9.84 Å². The first-order valence-corrected chi connectivity index (χ1v) is 10.9. The molecule has 0 amide bonds. The van der Waals surface area contributed by atoms with Gasteiger partial charge in [0.2, 0.25) is 0 Å². The molecule has 2 aromatic carbocycles. The van der Waals surface area contributed by atoms with Gasteiger partial charge in [-0.25, -0.2) is 0 Å². The molecule has 28 heavy (non-hydrogen) atoms. The minimum absolute atomic E-state index is 0. The predicted molar refractivity (Wildman–Crippen MR) is 104 cm³/mol. The zero-order valence-electron chi connectivity index (χ0n) is 16.7. The maximum absolute atomic E-state index is 11.9. The molecule has 0 fully saturated rings. The normalized spacial score (nSPS) is 11.1. The third kappa shape index (κ3) is 8.94. The molecule has 0 bridgehead atoms. The molecule has 0 radical (unpaired) electrons. The number of aryl methyl sites for hydroxylation is 1. The number of ether oxygens (including phenoxy) is 1. The van der Waals surface area contributed by atoms with E-state index < -0.39 is 15.9 Å². The standard InChI is InChI=1S/C21H28O5S.K/c1-2-3-4-5-6-7-8-10-17-11-9-12-18(15-17)26-21-16-19(27(23,24)25)13-14-20(21)22;/h9,11-16,22H,2-8,10H2,1H3,(H,23,24,25);/q;+1/p-1. The van der Waals surface area contributed by atoms with Gasteiger partial charge in [-0.2, -0.15) is 8.42 Å². The van der Waals surface area contributed by atoms with Crippen molar-refractivity contribution in [3.63, 3.8) is 0 Å². The average molecular weight is 431 g/mol. The smallest absolute Gasteiger partial charge is 0.870 e. The molecule has 0 unspecified atom stereocenters. The molecule has 0 saturated carbocycles. The summed E-state index contributed by atoms with van der Waals surface area (Å²) in [7, 11) is -4.38. The van der Waals surface area contributed by atoms with Crippen LogP contribution in [-0.2, 0) is 16.5 Å². The topological polar surface area (TPSA) is 86.7 Å². The fraction of sp³-hybridized carbons (Fsp3) is 0.429. The summed E-state index contributed by atoms with van der Waals surface area (Å²) >= 11 is 0. The van der Waals surface area contributed by atoms with Gasteiger partial charge in [-0.1, -0.05) is 69.4 Å². The first-order valence-electron chi connectivity index (χ1n) is 9.45. The summed E-state index contributed by atoms with van der Waals surface area (Å²) in [5, 5.41) is 11.9. The average Bonchev–Trinajstić information content (AvgIpc) is 2.62. The number of hydrogen-bond donors (Lipinski definition) is 1. The molecule has 0 heterocycles. The van der Waals surface area contributed by atoms with Crippen LogP contribution >= 0.6 is 0 Å². The fourth-order valence-electron chi connectivity index (χ4n) is 2.91. The summed E-state index contributed by atoms with van der Waals surface area (Å²) in [6.07, 6.45) is 9.62. The Balaban J connectivity index is 0.00000392. The molecule has 2 rings (SSSR count). The first-order chi connectivity index (χ1) is 12.9. The van der Waals surface area contributed by atoms with Crippen molar-refractivity contribution < 1.29 is 74.2 Å². The SMILES string of the molecule is CCCCCCCCCc1cccc(Oc2cc(S(=O)(=O)O)ccc2[O-])c1.[K+]. The molecule has 0 aliphatic rings. The minimum atomic E-state index is -4.38. The second-order valence-electron chi connectivity index (χ2n) is 6.70. The molecule has 0 aromatic heterocycles. The van der Waals surface area contributed by atoms with Crippen molar-refractivity contribution in [2.45, 2.75) is 63.2 Å². The van der Waals surface area contributed by atoms with Crippen molar-refractivity contribution in [1.29, 1.82) is 0 Å². The summed E-state index contributed by atoms with van der Waals surface area (Å²) in [6, 6.07) is 10.6. The third-order valence-corrected chi connectivity index (χ3v) is 5.26. The van der Waals surface area contributed by atoms with Crippen molar-refractivity contribution in [3.8, 4) is 17.2 Å². The van der Waals surface area contributed by atoms with E-state index in [9.17, 15) is 13.5 Å². The molecule has 0 aliphatic heterocycles. The molecule has 7 heteroatoms. The molecular formula is C21H27KO5S. The molecule has 5 nitrogen and oxygen atoms in total. The van der Waals surface area contributed by atoms with Gasteiger partial charge in [0.1, 0.15) is 11.5 Å². The van der Waals surface area contributed by atoms with Crippen LogP contribution in [0.1, 0.15) is 57.4 Å². The van der Waals surface area contributed by atoms with E-state index in [2.05, 4.69) is 6.92 Å². The monoisotopic (exact) mass is 430 g/mol. The minimum Gasteiger partial charge on any atom is -0.870 e. The Morgan fingerprint density at radius 1 is 0.964 bits per heavy atom. The molecule has 0 aliphatic carbocycles. The molecule has 2 aromatic rings. The van der Waals surface area contributed by atoms with Gasteiger partial charge in [-0.15, -0.1) is 0 Å². The Morgan fingerprint density at radius 2 is 1.64 bits per heavy atom. The molecule has 0 atom stereocenters. The third-order valence-electron chi connectivity index (χ3n) is 4.41. The van der Waals surface area contributed by atoms with Crippen LogP contribution in [0.25, 0.3) is 0 Å². The van der Waals surface area contributed by atoms with Crippen molar-refractivity contribution in [2.75, 3.05) is 0 Å². The van der Waals surface area contributed by atoms with E-state index >= 15 is 0 Å². The molecular weight excluding hydrogens is 403 g/mol. The van der Waals surface area contributed by atoms with Crippen LogP contribution in [0.15, 0.2) is 47.4 Å². The van der Waals surface area contributed by atoms with Crippen LogP contribution in [0.4, 0.5) is 0 Å². The zero-order valence-corrected chi connectivity index (χ0v) is 20.6.